The van der Waals surface area contributed by atoms with Crippen molar-refractivity contribution in [2.75, 3.05) is 7.05 Å². The molecule has 1 aliphatic rings. The Morgan fingerprint density at radius 3 is 2.81 bits per heavy atom. The number of halogens is 2. The molecule has 1 aliphatic heterocycles. The van der Waals surface area contributed by atoms with Crippen molar-refractivity contribution in [2.24, 2.45) is 4.40 Å². The number of thiocarbonyl (C=S) groups is 1. The van der Waals surface area contributed by atoms with Crippen LogP contribution in [0.3, 0.4) is 0 Å². The number of nitrogens with zero attached hydrogens (tertiary/aromatic N) is 1. The van der Waals surface area contributed by atoms with Crippen LogP contribution >= 0.6 is 12.2 Å². The highest BCUT2D eigenvalue weighted by Gasteiger charge is 2.29. The summed E-state index contributed by atoms with van der Waals surface area (Å²) < 4.78 is 60.2. The molecule has 0 fully saturated rings. The Kier molecular flexibility index (Phi) is 4.23. The fourth-order valence-electron chi connectivity index (χ4n) is 1.55. The fourth-order valence-corrected chi connectivity index (χ4v) is 2.41. The maximum atomic E-state index is 12.4. The lowest BCUT2D eigenvalue weighted by atomic mass is 10.1. The predicted molar refractivity (Wildman–Crippen MR) is 74.0 cm³/mol. The Hall–Kier alpha value is -2.01. The molecule has 1 aromatic rings. The first-order chi connectivity index (χ1) is 9.82. The topological polar surface area (TPSA) is 89.0 Å². The Labute approximate surface area is 124 Å². The van der Waals surface area contributed by atoms with Gasteiger partial charge in [-0.2, -0.15) is 17.2 Å². The molecular formula is C10H9F2N3O4S2. The quantitative estimate of drug-likeness (QED) is 0.771. The average molecular weight is 337 g/mol. The molecule has 2 rings (SSSR count). The molecule has 0 saturated heterocycles. The minimum Gasteiger partial charge on any atom is -0.434 e. The zero-order chi connectivity index (χ0) is 15.6. The second kappa shape index (κ2) is 5.77. The fraction of sp³-hybridized carbons (Fsp3) is 0.200. The Balaban J connectivity index is 2.55. The first-order valence-electron chi connectivity index (χ1n) is 5.43. The Bertz CT molecular complexity index is 706. The van der Waals surface area contributed by atoms with Gasteiger partial charge in [-0.25, -0.2) is 0 Å². The van der Waals surface area contributed by atoms with E-state index in [9.17, 15) is 17.2 Å². The Morgan fingerprint density at radius 2 is 2.19 bits per heavy atom. The summed E-state index contributed by atoms with van der Waals surface area (Å²) in [6.45, 7) is -3.09. The molecule has 0 spiro atoms. The van der Waals surface area contributed by atoms with Crippen LogP contribution < -0.4 is 19.6 Å². The molecule has 11 heteroatoms. The van der Waals surface area contributed by atoms with Gasteiger partial charge in [0, 0.05) is 7.05 Å². The minimum atomic E-state index is -4.25. The third-order valence-electron chi connectivity index (χ3n) is 2.30. The van der Waals surface area contributed by atoms with E-state index in [0.717, 1.165) is 0 Å². The van der Waals surface area contributed by atoms with E-state index >= 15 is 0 Å². The number of ether oxygens (including phenoxy) is 1. The summed E-state index contributed by atoms with van der Waals surface area (Å²) in [5.74, 6) is -0.751. The van der Waals surface area contributed by atoms with Crippen molar-refractivity contribution in [3.8, 4) is 11.5 Å². The maximum absolute atomic E-state index is 12.4. The third kappa shape index (κ3) is 3.55. The van der Waals surface area contributed by atoms with Crippen LogP contribution in [0.25, 0.3) is 0 Å². The third-order valence-corrected chi connectivity index (χ3v) is 3.40. The number of alkyl halides is 2. The van der Waals surface area contributed by atoms with Gasteiger partial charge in [-0.3, -0.25) is 0 Å². The van der Waals surface area contributed by atoms with Crippen LogP contribution in [0.4, 0.5) is 8.78 Å². The van der Waals surface area contributed by atoms with Gasteiger partial charge in [-0.15, -0.1) is 4.40 Å². The van der Waals surface area contributed by atoms with E-state index in [1.807, 2.05) is 0 Å². The molecule has 0 aromatic heterocycles. The molecule has 0 amide bonds. The number of hydrogen-bond acceptors (Lipinski definition) is 5. The lowest BCUT2D eigenvalue weighted by Crippen LogP contribution is -2.40. The summed E-state index contributed by atoms with van der Waals surface area (Å²) in [7, 11) is -2.76. The predicted octanol–water partition coefficient (Wildman–Crippen LogP) is 0.766. The number of amidine groups is 1. The van der Waals surface area contributed by atoms with Crippen molar-refractivity contribution in [2.45, 2.75) is 6.61 Å². The maximum Gasteiger partial charge on any atom is 0.430 e. The van der Waals surface area contributed by atoms with Gasteiger partial charge < -0.3 is 19.6 Å². The summed E-state index contributed by atoms with van der Waals surface area (Å²) in [5.41, 5.74) is -0.0646. The number of fused-ring (bicyclic) bond motifs is 1. The highest BCUT2D eigenvalue weighted by atomic mass is 32.2. The van der Waals surface area contributed by atoms with E-state index in [0.29, 0.717) is 0 Å². The lowest BCUT2D eigenvalue weighted by Gasteiger charge is -2.20. The first kappa shape index (κ1) is 15.4. The van der Waals surface area contributed by atoms with E-state index in [1.54, 1.807) is 0 Å². The number of nitrogens with one attached hydrogen (secondary N) is 2. The molecular weight excluding hydrogens is 328 g/mol. The molecule has 2 N–H and O–H groups in total. The van der Waals surface area contributed by atoms with Crippen molar-refractivity contribution in [1.29, 1.82) is 0 Å². The van der Waals surface area contributed by atoms with Gasteiger partial charge in [0.1, 0.15) is 11.3 Å². The van der Waals surface area contributed by atoms with E-state index in [2.05, 4.69) is 24.0 Å². The second-order valence-corrected chi connectivity index (χ2v) is 5.28. The average Bonchev–Trinajstić information content (AvgIpc) is 2.36. The summed E-state index contributed by atoms with van der Waals surface area (Å²) >= 11 is 4.84. The van der Waals surface area contributed by atoms with Gasteiger partial charge in [-0.1, -0.05) is 6.07 Å². The van der Waals surface area contributed by atoms with Gasteiger partial charge in [0.15, 0.2) is 16.7 Å². The van der Waals surface area contributed by atoms with Crippen LogP contribution in [0, 0.1) is 0 Å². The molecule has 1 heterocycles. The molecule has 0 aliphatic carbocycles. The summed E-state index contributed by atoms with van der Waals surface area (Å²) in [4.78, 5) is 0. The molecule has 114 valence electrons. The minimum absolute atomic E-state index is 0.0450. The normalized spacial score (nSPS) is 15.5. The monoisotopic (exact) mass is 337 g/mol. The molecule has 0 radical (unpaired) electrons. The highest BCUT2D eigenvalue weighted by molar-refractivity contribution is 7.86. The smallest absolute Gasteiger partial charge is 0.430 e. The summed E-state index contributed by atoms with van der Waals surface area (Å²) in [5, 5.41) is 5.07. The Morgan fingerprint density at radius 1 is 1.48 bits per heavy atom. The largest absolute Gasteiger partial charge is 0.434 e. The van der Waals surface area contributed by atoms with E-state index in [-0.39, 0.29) is 28.0 Å². The van der Waals surface area contributed by atoms with Gasteiger partial charge in [-0.05, 0) is 24.4 Å². The molecule has 0 unspecified atom stereocenters. The van der Waals surface area contributed by atoms with Crippen LogP contribution in [-0.2, 0) is 10.3 Å². The second-order valence-electron chi connectivity index (χ2n) is 3.66. The molecule has 7 nitrogen and oxygen atoms in total. The molecule has 21 heavy (non-hydrogen) atoms. The van der Waals surface area contributed by atoms with Crippen LogP contribution in [0.1, 0.15) is 5.56 Å². The SMILES string of the molecule is CNC(=S)NC1=NS(=O)(=O)Oc2cccc(OC(F)F)c21. The van der Waals surface area contributed by atoms with Gasteiger partial charge in [0.05, 0.1) is 0 Å². The van der Waals surface area contributed by atoms with Crippen molar-refractivity contribution >= 4 is 33.5 Å². The van der Waals surface area contributed by atoms with Crippen molar-refractivity contribution in [3.05, 3.63) is 23.8 Å². The van der Waals surface area contributed by atoms with Crippen molar-refractivity contribution in [1.82, 2.24) is 10.6 Å². The zero-order valence-corrected chi connectivity index (χ0v) is 12.1. The number of benzene rings is 1. The molecule has 1 aromatic carbocycles. The van der Waals surface area contributed by atoms with E-state index < -0.39 is 16.9 Å². The highest BCUT2D eigenvalue weighted by Crippen LogP contribution is 2.33. The van der Waals surface area contributed by atoms with E-state index in [4.69, 9.17) is 12.2 Å². The molecule has 0 bridgehead atoms. The number of hydrogen-bond donors (Lipinski definition) is 2. The standard InChI is InChI=1S/C10H9F2N3O4S2/c1-13-10(20)14-8-7-5(18-9(11)12)3-2-4-6(7)19-21(16,17)15-8/h2-4,9H,1H3,(H2,13,14,15,20). The molecule has 0 saturated carbocycles. The zero-order valence-electron chi connectivity index (χ0n) is 10.5. The molecule has 0 atom stereocenters. The number of rotatable bonds is 2. The van der Waals surface area contributed by atoms with Crippen molar-refractivity contribution in [3.63, 3.8) is 0 Å². The first-order valence-corrected chi connectivity index (χ1v) is 7.21. The van der Waals surface area contributed by atoms with Gasteiger partial charge in [0.25, 0.3) is 0 Å². The van der Waals surface area contributed by atoms with Gasteiger partial charge in [0.2, 0.25) is 0 Å². The van der Waals surface area contributed by atoms with Crippen LogP contribution in [-0.4, -0.2) is 33.0 Å². The van der Waals surface area contributed by atoms with Crippen LogP contribution in [0.15, 0.2) is 22.6 Å². The van der Waals surface area contributed by atoms with Gasteiger partial charge >= 0.3 is 16.9 Å². The van der Waals surface area contributed by atoms with Crippen molar-refractivity contribution < 1.29 is 26.1 Å². The lowest BCUT2D eigenvalue weighted by molar-refractivity contribution is -0.0500. The van der Waals surface area contributed by atoms with Crippen LogP contribution in [0.2, 0.25) is 0 Å². The van der Waals surface area contributed by atoms with E-state index in [1.165, 1.54) is 25.2 Å². The summed E-state index contributed by atoms with van der Waals surface area (Å²) in [6, 6.07) is 3.82. The van der Waals surface area contributed by atoms with Crippen LogP contribution in [0.5, 0.6) is 11.5 Å². The summed E-state index contributed by atoms with van der Waals surface area (Å²) in [6.07, 6.45) is 0.